The van der Waals surface area contributed by atoms with E-state index in [-0.39, 0.29) is 12.1 Å². The summed E-state index contributed by atoms with van der Waals surface area (Å²) in [6.45, 7) is 2.52. The summed E-state index contributed by atoms with van der Waals surface area (Å²) < 4.78 is 25.6. The van der Waals surface area contributed by atoms with Crippen LogP contribution in [0.5, 0.6) is 11.5 Å². The smallest absolute Gasteiger partial charge is 0.207 e. The topological polar surface area (TPSA) is 60.4 Å². The number of likely N-dealkylation sites (N-methyl/N-ethyl adjacent to an activating group) is 1. The first-order valence-corrected chi connectivity index (χ1v) is 11.8. The number of benzene rings is 2. The van der Waals surface area contributed by atoms with Crippen molar-refractivity contribution >= 4 is 0 Å². The molecule has 0 amide bonds. The molecule has 2 saturated heterocycles. The van der Waals surface area contributed by atoms with Crippen LogP contribution < -0.4 is 9.47 Å². The molecule has 7 rings (SSSR count). The molecule has 0 aromatic heterocycles. The van der Waals surface area contributed by atoms with E-state index in [0.29, 0.717) is 32.7 Å². The molecule has 0 unspecified atom stereocenters. The van der Waals surface area contributed by atoms with Crippen molar-refractivity contribution in [3.05, 3.63) is 59.2 Å². The minimum atomic E-state index is -0.873. The molecular formula is C26H29NO5. The Morgan fingerprint density at radius 3 is 2.69 bits per heavy atom. The van der Waals surface area contributed by atoms with Crippen LogP contribution in [0.15, 0.2) is 42.5 Å². The van der Waals surface area contributed by atoms with Crippen molar-refractivity contribution in [3.8, 4) is 11.5 Å². The lowest BCUT2D eigenvalue weighted by Gasteiger charge is -2.64. The van der Waals surface area contributed by atoms with Gasteiger partial charge in [0, 0.05) is 18.0 Å². The zero-order chi connectivity index (χ0) is 21.6. The van der Waals surface area contributed by atoms with Gasteiger partial charge in [-0.15, -0.1) is 0 Å². The van der Waals surface area contributed by atoms with E-state index < -0.39 is 16.8 Å². The molecule has 6 heteroatoms. The van der Waals surface area contributed by atoms with E-state index in [1.54, 1.807) is 0 Å². The number of hydrogen-bond donors (Lipinski definition) is 1. The minimum absolute atomic E-state index is 0.0654. The number of likely N-dealkylation sites (tertiary alicyclic amines) is 1. The molecule has 1 saturated carbocycles. The summed E-state index contributed by atoms with van der Waals surface area (Å²) in [5.74, 6) is 0.728. The van der Waals surface area contributed by atoms with Gasteiger partial charge in [0.1, 0.15) is 6.61 Å². The van der Waals surface area contributed by atoms with E-state index in [1.165, 1.54) is 5.56 Å². The summed E-state index contributed by atoms with van der Waals surface area (Å²) in [5, 5.41) is 12.4. The molecule has 6 nitrogen and oxygen atoms in total. The summed E-state index contributed by atoms with van der Waals surface area (Å²) in [5.41, 5.74) is 2.09. The minimum Gasteiger partial charge on any atom is -0.485 e. The average molecular weight is 436 g/mol. The van der Waals surface area contributed by atoms with E-state index in [4.69, 9.17) is 18.9 Å². The Labute approximate surface area is 188 Å². The number of rotatable bonds is 3. The number of nitrogens with zero attached hydrogens (tertiary/aromatic N) is 1. The van der Waals surface area contributed by atoms with Gasteiger partial charge in [-0.05, 0) is 50.0 Å². The normalized spacial score (nSPS) is 36.1. The lowest BCUT2D eigenvalue weighted by Crippen LogP contribution is -2.79. The third-order valence-corrected chi connectivity index (χ3v) is 8.73. The van der Waals surface area contributed by atoms with Gasteiger partial charge < -0.3 is 29.0 Å². The van der Waals surface area contributed by atoms with Crippen molar-refractivity contribution < 1.29 is 24.1 Å². The van der Waals surface area contributed by atoms with Crippen molar-refractivity contribution in [3.63, 3.8) is 0 Å². The fraction of sp³-hybridized carbons (Fsp3) is 0.538. The van der Waals surface area contributed by atoms with Gasteiger partial charge in [-0.2, -0.15) is 0 Å². The quantitative estimate of drug-likeness (QED) is 0.800. The number of hydrogen-bond acceptors (Lipinski definition) is 6. The summed E-state index contributed by atoms with van der Waals surface area (Å²) in [6.07, 6.45) is 2.56. The van der Waals surface area contributed by atoms with Gasteiger partial charge in [0.25, 0.3) is 0 Å². The van der Waals surface area contributed by atoms with Gasteiger partial charge in [0.15, 0.2) is 17.6 Å². The highest BCUT2D eigenvalue weighted by Crippen LogP contribution is 2.67. The van der Waals surface area contributed by atoms with Crippen LogP contribution in [0.25, 0.3) is 0 Å². The summed E-state index contributed by atoms with van der Waals surface area (Å²) in [6, 6.07) is 14.4. The first-order valence-electron chi connectivity index (χ1n) is 11.8. The number of ether oxygens (including phenoxy) is 4. The highest BCUT2D eigenvalue weighted by molar-refractivity contribution is 5.63. The molecule has 3 aliphatic heterocycles. The van der Waals surface area contributed by atoms with Gasteiger partial charge in [0.2, 0.25) is 5.79 Å². The third kappa shape index (κ3) is 2.24. The summed E-state index contributed by atoms with van der Waals surface area (Å²) in [7, 11) is 2.14. The molecule has 2 spiro atoms. The van der Waals surface area contributed by atoms with Crippen LogP contribution in [-0.4, -0.2) is 60.3 Å². The lowest BCUT2D eigenvalue weighted by molar-refractivity contribution is -0.295. The highest BCUT2D eigenvalue weighted by Gasteiger charge is 2.77. The van der Waals surface area contributed by atoms with E-state index in [1.807, 2.05) is 24.3 Å². The van der Waals surface area contributed by atoms with E-state index >= 15 is 0 Å². The first kappa shape index (κ1) is 19.4. The zero-order valence-corrected chi connectivity index (χ0v) is 18.4. The molecule has 168 valence electrons. The van der Waals surface area contributed by atoms with Crippen LogP contribution in [0, 0.1) is 0 Å². The van der Waals surface area contributed by atoms with Gasteiger partial charge in [-0.25, -0.2) is 0 Å². The van der Waals surface area contributed by atoms with E-state index in [9.17, 15) is 5.11 Å². The van der Waals surface area contributed by atoms with Crippen molar-refractivity contribution in [2.24, 2.45) is 0 Å². The van der Waals surface area contributed by atoms with Crippen LogP contribution in [0.3, 0.4) is 0 Å². The Balaban J connectivity index is 1.38. The predicted octanol–water partition coefficient (Wildman–Crippen LogP) is 2.79. The zero-order valence-electron chi connectivity index (χ0n) is 18.4. The summed E-state index contributed by atoms with van der Waals surface area (Å²) >= 11 is 0. The second-order valence-corrected chi connectivity index (χ2v) is 10.1. The SMILES string of the molecule is CN1CC[C@]23c4c5ccc(OCc6ccccc6)c4O[C@H]2C2(CC[C@@]3(O)[C@@H]1C5)OCCO2. The molecular weight excluding hydrogens is 406 g/mol. The Hall–Kier alpha value is -2.12. The van der Waals surface area contributed by atoms with Crippen molar-refractivity contribution in [2.75, 3.05) is 26.8 Å². The summed E-state index contributed by atoms with van der Waals surface area (Å²) in [4.78, 5) is 2.33. The molecule has 0 radical (unpaired) electrons. The van der Waals surface area contributed by atoms with E-state index in [2.05, 4.69) is 30.1 Å². The molecule has 2 aromatic rings. The molecule has 3 heterocycles. The first-order chi connectivity index (χ1) is 15.6. The number of fused-ring (bicyclic) bond motifs is 1. The average Bonchev–Trinajstić information content (AvgIpc) is 3.42. The monoisotopic (exact) mass is 435 g/mol. The van der Waals surface area contributed by atoms with Crippen molar-refractivity contribution in [2.45, 2.75) is 61.2 Å². The standard InChI is InChI=1S/C26H29NO5/c1-27-12-11-24-21-18-7-8-19(29-16-17-5-3-2-4-6-17)22(21)32-23(24)26(30-13-14-31-26)10-9-25(24,28)20(27)15-18/h2-8,20,23,28H,9-16H2,1H3/t20-,23+,24-,25+/m0/s1. The lowest BCUT2D eigenvalue weighted by atomic mass is 9.48. The van der Waals surface area contributed by atoms with Gasteiger partial charge in [-0.3, -0.25) is 0 Å². The molecule has 3 fully saturated rings. The van der Waals surface area contributed by atoms with Crippen LogP contribution in [0.1, 0.15) is 36.0 Å². The van der Waals surface area contributed by atoms with Crippen molar-refractivity contribution in [1.29, 1.82) is 0 Å². The Morgan fingerprint density at radius 1 is 1.06 bits per heavy atom. The molecule has 2 bridgehead atoms. The fourth-order valence-corrected chi connectivity index (χ4v) is 7.32. The Kier molecular flexibility index (Phi) is 3.92. The molecule has 2 aromatic carbocycles. The predicted molar refractivity (Wildman–Crippen MR) is 117 cm³/mol. The molecule has 4 atom stereocenters. The molecule has 1 N–H and O–H groups in total. The second kappa shape index (κ2) is 6.48. The highest BCUT2D eigenvalue weighted by atomic mass is 16.8. The maximum Gasteiger partial charge on any atom is 0.207 e. The van der Waals surface area contributed by atoms with E-state index in [0.717, 1.165) is 42.0 Å². The molecule has 2 aliphatic carbocycles. The van der Waals surface area contributed by atoms with Crippen LogP contribution in [0.2, 0.25) is 0 Å². The van der Waals surface area contributed by atoms with Crippen molar-refractivity contribution in [1.82, 2.24) is 4.90 Å². The van der Waals surface area contributed by atoms with Crippen LogP contribution in [-0.2, 0) is 27.9 Å². The number of piperidine rings is 1. The Bertz CT molecular complexity index is 1070. The van der Waals surface area contributed by atoms with Crippen LogP contribution >= 0.6 is 0 Å². The van der Waals surface area contributed by atoms with Crippen LogP contribution in [0.4, 0.5) is 0 Å². The fourth-order valence-electron chi connectivity index (χ4n) is 7.32. The number of aliphatic hydroxyl groups is 1. The third-order valence-electron chi connectivity index (χ3n) is 8.73. The van der Waals surface area contributed by atoms with Gasteiger partial charge in [0.05, 0.1) is 24.2 Å². The maximum absolute atomic E-state index is 12.4. The second-order valence-electron chi connectivity index (χ2n) is 10.1. The molecule has 32 heavy (non-hydrogen) atoms. The maximum atomic E-state index is 12.4. The van der Waals surface area contributed by atoms with Gasteiger partial charge >= 0.3 is 0 Å². The Morgan fingerprint density at radius 2 is 1.88 bits per heavy atom. The molecule has 5 aliphatic rings. The van der Waals surface area contributed by atoms with Gasteiger partial charge in [-0.1, -0.05) is 36.4 Å². The largest absolute Gasteiger partial charge is 0.485 e.